The highest BCUT2D eigenvalue weighted by molar-refractivity contribution is 7.26. The van der Waals surface area contributed by atoms with Crippen molar-refractivity contribution >= 4 is 85.9 Å². The quantitative estimate of drug-likeness (QED) is 0.178. The molecular formula is C44H25N5S. The van der Waals surface area contributed by atoms with Crippen LogP contribution in [0.2, 0.25) is 0 Å². The lowest BCUT2D eigenvalue weighted by Crippen LogP contribution is -2.03. The minimum atomic E-state index is 0.627. The Kier molecular flexibility index (Phi) is 5.76. The van der Waals surface area contributed by atoms with E-state index in [0.717, 1.165) is 66.1 Å². The summed E-state index contributed by atoms with van der Waals surface area (Å²) in [5.41, 5.74) is 7.94. The Morgan fingerprint density at radius 1 is 0.460 bits per heavy atom. The van der Waals surface area contributed by atoms with E-state index >= 15 is 0 Å². The SMILES string of the molecule is c1ccc(-c2nc(-n3c4ccncc4c4cc(-c5nc6c(ccc7sc8ccccc8c76)c6ccccc56)ccc43)nc3ccccc23)cc1. The number of hydrogen-bond acceptors (Lipinski definition) is 5. The van der Waals surface area contributed by atoms with E-state index < -0.39 is 0 Å². The van der Waals surface area contributed by atoms with E-state index in [0.29, 0.717) is 5.95 Å². The molecule has 0 unspecified atom stereocenters. The van der Waals surface area contributed by atoms with E-state index in [1.807, 2.05) is 41.9 Å². The smallest absolute Gasteiger partial charge is 0.235 e. The van der Waals surface area contributed by atoms with Crippen molar-refractivity contribution in [1.82, 2.24) is 24.5 Å². The van der Waals surface area contributed by atoms with Crippen molar-refractivity contribution in [3.63, 3.8) is 0 Å². The zero-order chi connectivity index (χ0) is 32.8. The number of nitrogens with zero attached hydrogens (tertiary/aromatic N) is 5. The van der Waals surface area contributed by atoms with Gasteiger partial charge in [0.2, 0.25) is 5.95 Å². The molecule has 0 N–H and O–H groups in total. The molecule has 0 spiro atoms. The van der Waals surface area contributed by atoms with E-state index in [2.05, 4.69) is 131 Å². The van der Waals surface area contributed by atoms with Crippen LogP contribution in [0, 0.1) is 0 Å². The Balaban J connectivity index is 1.19. The second kappa shape index (κ2) is 10.5. The molecule has 0 aliphatic heterocycles. The topological polar surface area (TPSA) is 56.5 Å². The van der Waals surface area contributed by atoms with E-state index in [9.17, 15) is 0 Å². The predicted molar refractivity (Wildman–Crippen MR) is 208 cm³/mol. The minimum Gasteiger partial charge on any atom is -0.278 e. The molecule has 50 heavy (non-hydrogen) atoms. The lowest BCUT2D eigenvalue weighted by atomic mass is 9.97. The molecule has 6 aromatic carbocycles. The average molecular weight is 656 g/mol. The van der Waals surface area contributed by atoms with Gasteiger partial charge in [-0.05, 0) is 41.8 Å². The summed E-state index contributed by atoms with van der Waals surface area (Å²) in [7, 11) is 0. The highest BCUT2D eigenvalue weighted by Crippen LogP contribution is 2.42. The molecule has 11 aromatic rings. The summed E-state index contributed by atoms with van der Waals surface area (Å²) < 4.78 is 4.70. The van der Waals surface area contributed by atoms with Crippen molar-refractivity contribution in [3.05, 3.63) is 152 Å². The fourth-order valence-electron chi connectivity index (χ4n) is 7.66. The zero-order valence-electron chi connectivity index (χ0n) is 26.6. The Labute approximate surface area is 289 Å². The monoisotopic (exact) mass is 655 g/mol. The second-order valence-electron chi connectivity index (χ2n) is 12.7. The molecule has 0 bridgehead atoms. The molecule has 5 nitrogen and oxygen atoms in total. The highest BCUT2D eigenvalue weighted by Gasteiger charge is 2.20. The second-order valence-corrected chi connectivity index (χ2v) is 13.7. The maximum Gasteiger partial charge on any atom is 0.235 e. The minimum absolute atomic E-state index is 0.627. The number of para-hydroxylation sites is 1. The van der Waals surface area contributed by atoms with Crippen LogP contribution in [0.3, 0.4) is 0 Å². The Bertz CT molecular complexity index is 3160. The number of thiophene rings is 1. The summed E-state index contributed by atoms with van der Waals surface area (Å²) >= 11 is 1.83. The van der Waals surface area contributed by atoms with Gasteiger partial charge in [0.05, 0.1) is 33.5 Å². The summed E-state index contributed by atoms with van der Waals surface area (Å²) in [5, 5.41) is 9.12. The normalized spacial score (nSPS) is 12.0. The molecule has 232 valence electrons. The number of benzene rings is 6. The first kappa shape index (κ1) is 27.5. The molecule has 0 radical (unpaired) electrons. The number of hydrogen-bond donors (Lipinski definition) is 0. The van der Waals surface area contributed by atoms with Gasteiger partial charge in [0.1, 0.15) is 0 Å². The summed E-state index contributed by atoms with van der Waals surface area (Å²) in [6.07, 6.45) is 3.79. The number of fused-ring (bicyclic) bond motifs is 11. The Morgan fingerprint density at radius 2 is 1.20 bits per heavy atom. The van der Waals surface area contributed by atoms with Gasteiger partial charge in [-0.3, -0.25) is 9.55 Å². The van der Waals surface area contributed by atoms with Crippen LogP contribution in [0.4, 0.5) is 0 Å². The van der Waals surface area contributed by atoms with Crippen molar-refractivity contribution in [2.75, 3.05) is 0 Å². The molecule has 6 heteroatoms. The van der Waals surface area contributed by atoms with Gasteiger partial charge < -0.3 is 0 Å². The van der Waals surface area contributed by atoms with E-state index in [4.69, 9.17) is 15.0 Å². The molecule has 0 aliphatic carbocycles. The van der Waals surface area contributed by atoms with Gasteiger partial charge in [0.25, 0.3) is 0 Å². The first-order valence-electron chi connectivity index (χ1n) is 16.6. The van der Waals surface area contributed by atoms with E-state index in [1.165, 1.54) is 30.9 Å². The van der Waals surface area contributed by atoms with Gasteiger partial charge in [0.15, 0.2) is 0 Å². The van der Waals surface area contributed by atoms with Gasteiger partial charge in [-0.25, -0.2) is 15.0 Å². The lowest BCUT2D eigenvalue weighted by Gasteiger charge is -2.13. The van der Waals surface area contributed by atoms with Crippen LogP contribution in [0.1, 0.15) is 0 Å². The van der Waals surface area contributed by atoms with Crippen LogP contribution in [-0.4, -0.2) is 24.5 Å². The first-order chi connectivity index (χ1) is 24.8. The molecule has 5 aromatic heterocycles. The van der Waals surface area contributed by atoms with Crippen molar-refractivity contribution in [2.24, 2.45) is 0 Å². The van der Waals surface area contributed by atoms with Crippen LogP contribution in [0.15, 0.2) is 152 Å². The zero-order valence-corrected chi connectivity index (χ0v) is 27.4. The first-order valence-corrected chi connectivity index (χ1v) is 17.5. The number of pyridine rings is 2. The predicted octanol–water partition coefficient (Wildman–Crippen LogP) is 11.5. The Morgan fingerprint density at radius 3 is 2.10 bits per heavy atom. The fourth-order valence-corrected chi connectivity index (χ4v) is 8.77. The van der Waals surface area contributed by atoms with Crippen LogP contribution < -0.4 is 0 Å². The molecule has 0 fully saturated rings. The molecule has 0 aliphatic rings. The average Bonchev–Trinajstić information content (AvgIpc) is 3.73. The van der Waals surface area contributed by atoms with Crippen LogP contribution in [-0.2, 0) is 0 Å². The van der Waals surface area contributed by atoms with Crippen molar-refractivity contribution in [1.29, 1.82) is 0 Å². The summed E-state index contributed by atoms with van der Waals surface area (Å²) in [5.74, 6) is 0.627. The summed E-state index contributed by atoms with van der Waals surface area (Å²) in [4.78, 5) is 20.4. The van der Waals surface area contributed by atoms with Gasteiger partial charge in [-0.1, -0.05) is 103 Å². The maximum absolute atomic E-state index is 5.51. The van der Waals surface area contributed by atoms with Crippen LogP contribution >= 0.6 is 11.3 Å². The van der Waals surface area contributed by atoms with Gasteiger partial charge in [-0.2, -0.15) is 0 Å². The molecule has 0 atom stereocenters. The third-order valence-corrected chi connectivity index (χ3v) is 11.0. The van der Waals surface area contributed by atoms with Gasteiger partial charge in [0, 0.05) is 70.6 Å². The third-order valence-electron chi connectivity index (χ3n) is 9.89. The van der Waals surface area contributed by atoms with Crippen LogP contribution in [0.5, 0.6) is 0 Å². The highest BCUT2D eigenvalue weighted by atomic mass is 32.1. The lowest BCUT2D eigenvalue weighted by molar-refractivity contribution is 1.01. The van der Waals surface area contributed by atoms with Gasteiger partial charge >= 0.3 is 0 Å². The standard InChI is InChI=1S/C44H25N5S/c1-2-10-26(11-3-1)41-31-14-6-8-16-35(31)46-44(48-41)49-36-20-18-27(24-33(36)34-25-45-23-22-37(34)49)42-29-13-5-4-12-28(29)30-19-21-39-40(43(30)47-42)32-15-7-9-17-38(32)50-39/h1-25H. The maximum atomic E-state index is 5.51. The molecule has 5 heterocycles. The summed E-state index contributed by atoms with van der Waals surface area (Å²) in [6.45, 7) is 0. The third kappa shape index (κ3) is 3.94. The molecule has 0 saturated carbocycles. The van der Waals surface area contributed by atoms with E-state index in [-0.39, 0.29) is 0 Å². The largest absolute Gasteiger partial charge is 0.278 e. The summed E-state index contributed by atoms with van der Waals surface area (Å²) in [6, 6.07) is 49.1. The Hall–Kier alpha value is -6.50. The fraction of sp³-hybridized carbons (Fsp3) is 0. The number of aromatic nitrogens is 5. The number of rotatable bonds is 3. The van der Waals surface area contributed by atoms with Crippen molar-refractivity contribution < 1.29 is 0 Å². The van der Waals surface area contributed by atoms with Crippen molar-refractivity contribution in [2.45, 2.75) is 0 Å². The van der Waals surface area contributed by atoms with Crippen molar-refractivity contribution in [3.8, 4) is 28.5 Å². The molecular weight excluding hydrogens is 631 g/mol. The molecule has 11 rings (SSSR count). The molecule has 0 saturated heterocycles. The molecule has 0 amide bonds. The van der Waals surface area contributed by atoms with E-state index in [1.54, 1.807) is 0 Å². The van der Waals surface area contributed by atoms with Gasteiger partial charge in [-0.15, -0.1) is 11.3 Å². The van der Waals surface area contributed by atoms with Crippen LogP contribution in [0.25, 0.3) is 103 Å².